The van der Waals surface area contributed by atoms with Crippen molar-refractivity contribution in [3.8, 4) is 22.8 Å². The van der Waals surface area contributed by atoms with E-state index in [-0.39, 0.29) is 17.6 Å². The number of hydrogen-bond acceptors (Lipinski definition) is 5. The molecule has 0 radical (unpaired) electrons. The first-order valence-electron chi connectivity index (χ1n) is 8.71. The molecule has 0 atom stereocenters. The highest BCUT2D eigenvalue weighted by Crippen LogP contribution is 2.44. The molecule has 1 aliphatic heterocycles. The maximum absolute atomic E-state index is 14.2. The molecule has 2 heterocycles. The minimum absolute atomic E-state index is 0.0934. The summed E-state index contributed by atoms with van der Waals surface area (Å²) < 4.78 is 27.8. The van der Waals surface area contributed by atoms with Crippen LogP contribution in [-0.2, 0) is 13.0 Å². The molecule has 2 aromatic carbocycles. The highest BCUT2D eigenvalue weighted by Gasteiger charge is 2.25. The van der Waals surface area contributed by atoms with Crippen molar-refractivity contribution < 1.29 is 15.6 Å². The molecule has 4 rings (SSSR count). The van der Waals surface area contributed by atoms with Gasteiger partial charge in [-0.1, -0.05) is 0 Å². The third-order valence-corrected chi connectivity index (χ3v) is 4.90. The number of likely N-dealkylation sites (N-methyl/N-ethyl adjacent to an activating group) is 1. The topological polar surface area (TPSA) is 77.9 Å². The summed E-state index contributed by atoms with van der Waals surface area (Å²) in [6, 6.07) is 4.10. The van der Waals surface area contributed by atoms with Crippen LogP contribution in [0.3, 0.4) is 0 Å². The summed E-state index contributed by atoms with van der Waals surface area (Å²) in [6.45, 7) is 1.38. The summed E-state index contributed by atoms with van der Waals surface area (Å²) in [4.78, 5) is 16.2. The van der Waals surface area contributed by atoms with Crippen LogP contribution in [0.5, 0.6) is 11.6 Å². The van der Waals surface area contributed by atoms with E-state index < -0.39 is 5.82 Å². The molecular weight excluding hydrogens is 337 g/mol. The van der Waals surface area contributed by atoms with Gasteiger partial charge < -0.3 is 19.7 Å². The quantitative estimate of drug-likeness (QED) is 0.693. The first kappa shape index (κ1) is 15.3. The van der Waals surface area contributed by atoms with Crippen LogP contribution in [0.2, 0.25) is 0 Å². The molecule has 1 aromatic heterocycles. The SMILES string of the molecule is [3H]c1c(F)ccc(OC)c1-c1cc2c(N=O)c(O)[nH]c2c2c1CCN(C)C2. The summed E-state index contributed by atoms with van der Waals surface area (Å²) >= 11 is 0. The first-order chi connectivity index (χ1) is 13.0. The lowest BCUT2D eigenvalue weighted by atomic mass is 9.88. The van der Waals surface area contributed by atoms with Gasteiger partial charge in [-0.05, 0) is 59.6 Å². The molecule has 1 aliphatic rings. The maximum atomic E-state index is 14.2. The molecule has 0 saturated carbocycles. The van der Waals surface area contributed by atoms with Gasteiger partial charge in [0.25, 0.3) is 0 Å². The van der Waals surface area contributed by atoms with Crippen molar-refractivity contribution >= 4 is 16.6 Å². The van der Waals surface area contributed by atoms with Crippen molar-refractivity contribution in [2.24, 2.45) is 5.18 Å². The van der Waals surface area contributed by atoms with E-state index in [2.05, 4.69) is 15.1 Å². The predicted octanol–water partition coefficient (Wildman–Crippen LogP) is 4.07. The van der Waals surface area contributed by atoms with Crippen LogP contribution in [0.25, 0.3) is 22.0 Å². The lowest BCUT2D eigenvalue weighted by Gasteiger charge is -2.28. The monoisotopic (exact) mass is 357 g/mol. The number of nitrogens with zero attached hydrogens (tertiary/aromatic N) is 2. The average Bonchev–Trinajstić information content (AvgIpc) is 2.98. The highest BCUT2D eigenvalue weighted by atomic mass is 19.1. The summed E-state index contributed by atoms with van der Waals surface area (Å²) in [5, 5.41) is 13.5. The zero-order valence-electron chi connectivity index (χ0n) is 15.4. The molecule has 0 amide bonds. The standard InChI is InChI=1S/C19H18FN3O3/c1-23-6-5-11-12(13-7-10(20)3-4-16(13)26-2)8-14-17(15(11)9-23)21-19(24)18(14)22-25/h3-4,7-8,21,24H,5-6,9H2,1-2H3/i7T. The van der Waals surface area contributed by atoms with E-state index in [1.807, 2.05) is 7.05 Å². The molecule has 3 aromatic rings. The smallest absolute Gasteiger partial charge is 0.219 e. The molecule has 0 fully saturated rings. The number of aromatic hydroxyl groups is 1. The van der Waals surface area contributed by atoms with Gasteiger partial charge in [0.05, 0.1) is 14.0 Å². The fraction of sp³-hybridized carbons (Fsp3) is 0.263. The van der Waals surface area contributed by atoms with Crippen molar-refractivity contribution in [3.05, 3.63) is 46.1 Å². The molecule has 7 heteroatoms. The zero-order valence-corrected chi connectivity index (χ0v) is 14.4. The van der Waals surface area contributed by atoms with Gasteiger partial charge >= 0.3 is 0 Å². The molecule has 0 spiro atoms. The van der Waals surface area contributed by atoms with E-state index in [0.717, 1.165) is 17.7 Å². The number of nitrogens with one attached hydrogen (secondary N) is 1. The minimum atomic E-state index is -0.654. The van der Waals surface area contributed by atoms with Gasteiger partial charge in [0, 0.05) is 24.0 Å². The molecule has 0 bridgehead atoms. The number of fused-ring (bicyclic) bond motifs is 3. The highest BCUT2D eigenvalue weighted by molar-refractivity contribution is 6.00. The van der Waals surface area contributed by atoms with Gasteiger partial charge in [-0.25, -0.2) is 4.39 Å². The molecule has 6 nitrogen and oxygen atoms in total. The Morgan fingerprint density at radius 2 is 2.19 bits per heavy atom. The number of benzene rings is 2. The molecule has 2 N–H and O–H groups in total. The van der Waals surface area contributed by atoms with Crippen molar-refractivity contribution in [2.45, 2.75) is 13.0 Å². The summed E-state index contributed by atoms with van der Waals surface area (Å²) in [5.41, 5.74) is 3.33. The zero-order chi connectivity index (χ0) is 19.3. The largest absolute Gasteiger partial charge is 0.496 e. The van der Waals surface area contributed by atoms with Crippen molar-refractivity contribution in [1.82, 2.24) is 9.88 Å². The Bertz CT molecular complexity index is 1080. The Hall–Kier alpha value is -2.93. The van der Waals surface area contributed by atoms with Gasteiger partial charge in [0.2, 0.25) is 5.88 Å². The van der Waals surface area contributed by atoms with Gasteiger partial charge in [-0.15, -0.1) is 4.91 Å². The van der Waals surface area contributed by atoms with Crippen LogP contribution >= 0.6 is 0 Å². The number of hydrogen-bond donors (Lipinski definition) is 2. The van der Waals surface area contributed by atoms with Gasteiger partial charge in [0.15, 0.2) is 5.69 Å². The number of aromatic nitrogens is 1. The number of methoxy groups -OCH3 is 1. The first-order valence-corrected chi connectivity index (χ1v) is 8.21. The van der Waals surface area contributed by atoms with Crippen LogP contribution < -0.4 is 4.74 Å². The number of H-pyrrole nitrogens is 1. The number of nitroso groups, excluding NO2 is 1. The number of rotatable bonds is 3. The molecule has 0 unspecified atom stereocenters. The lowest BCUT2D eigenvalue weighted by Crippen LogP contribution is -2.27. The van der Waals surface area contributed by atoms with E-state index in [1.54, 1.807) is 6.07 Å². The van der Waals surface area contributed by atoms with Crippen molar-refractivity contribution in [3.63, 3.8) is 0 Å². The fourth-order valence-electron chi connectivity index (χ4n) is 3.67. The predicted molar refractivity (Wildman–Crippen MR) is 97.4 cm³/mol. The number of ether oxygens (including phenoxy) is 1. The Morgan fingerprint density at radius 3 is 2.92 bits per heavy atom. The third kappa shape index (κ3) is 2.43. The van der Waals surface area contributed by atoms with E-state index in [1.165, 1.54) is 19.2 Å². The Morgan fingerprint density at radius 1 is 1.38 bits per heavy atom. The Kier molecular flexibility index (Phi) is 3.60. The molecule has 0 aliphatic carbocycles. The van der Waals surface area contributed by atoms with Crippen LogP contribution in [0.15, 0.2) is 29.4 Å². The molecule has 0 saturated heterocycles. The van der Waals surface area contributed by atoms with Crippen molar-refractivity contribution in [1.29, 1.82) is 0 Å². The van der Waals surface area contributed by atoms with Crippen LogP contribution in [0, 0.1) is 10.7 Å². The normalized spacial score (nSPS) is 15.0. The Balaban J connectivity index is 2.14. The molecule has 26 heavy (non-hydrogen) atoms. The Labute approximate surface area is 150 Å². The second-order valence-corrected chi connectivity index (χ2v) is 6.45. The number of halogens is 1. The van der Waals surface area contributed by atoms with Gasteiger partial charge in [-0.3, -0.25) is 0 Å². The second-order valence-electron chi connectivity index (χ2n) is 6.45. The lowest BCUT2D eigenvalue weighted by molar-refractivity contribution is 0.314. The fourth-order valence-corrected chi connectivity index (χ4v) is 3.67. The third-order valence-electron chi connectivity index (χ3n) is 4.90. The van der Waals surface area contributed by atoms with Gasteiger partial charge in [-0.2, -0.15) is 0 Å². The minimum Gasteiger partial charge on any atom is -0.496 e. The summed E-state index contributed by atoms with van der Waals surface area (Å²) in [7, 11) is 3.44. The van der Waals surface area contributed by atoms with E-state index in [4.69, 9.17) is 6.11 Å². The van der Waals surface area contributed by atoms with Crippen LogP contribution in [0.4, 0.5) is 10.1 Å². The molecular formula is C19H18FN3O3. The maximum Gasteiger partial charge on any atom is 0.219 e. The second kappa shape index (κ2) is 6.10. The molecule has 134 valence electrons. The van der Waals surface area contributed by atoms with Crippen molar-refractivity contribution in [2.75, 3.05) is 20.7 Å². The van der Waals surface area contributed by atoms with E-state index >= 15 is 0 Å². The van der Waals surface area contributed by atoms with E-state index in [9.17, 15) is 14.4 Å². The summed E-state index contributed by atoms with van der Waals surface area (Å²) in [5.74, 6) is -0.578. The number of aromatic amines is 1. The van der Waals surface area contributed by atoms with E-state index in [0.29, 0.717) is 40.7 Å². The van der Waals surface area contributed by atoms with Crippen LogP contribution in [0.1, 0.15) is 12.5 Å². The van der Waals surface area contributed by atoms with Crippen LogP contribution in [-0.4, -0.2) is 35.7 Å². The van der Waals surface area contributed by atoms with Gasteiger partial charge in [0.1, 0.15) is 11.6 Å². The summed E-state index contributed by atoms with van der Waals surface area (Å²) in [6.07, 6.45) is 0.680. The average molecular weight is 357 g/mol.